The predicted molar refractivity (Wildman–Crippen MR) is 86.0 cm³/mol. The molecule has 104 valence electrons. The summed E-state index contributed by atoms with van der Waals surface area (Å²) < 4.78 is 5.48. The van der Waals surface area contributed by atoms with Gasteiger partial charge in [-0.2, -0.15) is 0 Å². The Balaban J connectivity index is 2.07. The zero-order chi connectivity index (χ0) is 13.5. The summed E-state index contributed by atoms with van der Waals surface area (Å²) in [7, 11) is 0. The van der Waals surface area contributed by atoms with Gasteiger partial charge in [0.2, 0.25) is 0 Å². The molecule has 0 amide bonds. The van der Waals surface area contributed by atoms with Gasteiger partial charge in [0.1, 0.15) is 5.75 Å². The van der Waals surface area contributed by atoms with Gasteiger partial charge in [-0.1, -0.05) is 59.0 Å². The number of allylic oxidation sites excluding steroid dienone is 1. The highest BCUT2D eigenvalue weighted by molar-refractivity contribution is 9.09. The summed E-state index contributed by atoms with van der Waals surface area (Å²) in [5, 5.41) is 0.991. The van der Waals surface area contributed by atoms with Crippen LogP contribution < -0.4 is 4.74 Å². The van der Waals surface area contributed by atoms with Gasteiger partial charge < -0.3 is 4.74 Å². The summed E-state index contributed by atoms with van der Waals surface area (Å²) in [6.45, 7) is 2.74. The average molecular weight is 323 g/mol. The predicted octanol–water partition coefficient (Wildman–Crippen LogP) is 5.44. The molecule has 1 aliphatic carbocycles. The van der Waals surface area contributed by atoms with E-state index in [4.69, 9.17) is 4.74 Å². The smallest absolute Gasteiger partial charge is 0.119 e. The minimum Gasteiger partial charge on any atom is -0.494 e. The van der Waals surface area contributed by atoms with E-state index in [-0.39, 0.29) is 0 Å². The first-order chi connectivity index (χ1) is 9.33. The van der Waals surface area contributed by atoms with Crippen LogP contribution in [0.4, 0.5) is 0 Å². The summed E-state index contributed by atoms with van der Waals surface area (Å²) in [6, 6.07) is 8.41. The van der Waals surface area contributed by atoms with Crippen molar-refractivity contribution in [2.24, 2.45) is 5.92 Å². The fraction of sp³-hybridized carbons (Fsp3) is 0.529. The number of alkyl halides is 1. The fourth-order valence-electron chi connectivity index (χ4n) is 2.78. The highest BCUT2D eigenvalue weighted by atomic mass is 79.9. The molecule has 0 heterocycles. The Morgan fingerprint density at radius 1 is 1.21 bits per heavy atom. The van der Waals surface area contributed by atoms with Crippen LogP contribution in [0.3, 0.4) is 0 Å². The van der Waals surface area contributed by atoms with E-state index in [1.807, 2.05) is 6.92 Å². The first kappa shape index (κ1) is 14.6. The SMILES string of the molecule is CCOc1ccc(C=C(CBr)C2CCCCC2)cc1. The van der Waals surface area contributed by atoms with Gasteiger partial charge in [0.15, 0.2) is 0 Å². The lowest BCUT2D eigenvalue weighted by molar-refractivity contribution is 0.340. The van der Waals surface area contributed by atoms with Crippen molar-refractivity contribution in [2.45, 2.75) is 39.0 Å². The Kier molecular flexibility index (Phi) is 5.96. The van der Waals surface area contributed by atoms with Gasteiger partial charge in [0.25, 0.3) is 0 Å². The van der Waals surface area contributed by atoms with Crippen LogP contribution in [0.2, 0.25) is 0 Å². The number of ether oxygens (including phenoxy) is 1. The van der Waals surface area contributed by atoms with Crippen LogP contribution >= 0.6 is 15.9 Å². The first-order valence-corrected chi connectivity index (χ1v) is 8.45. The molecular weight excluding hydrogens is 300 g/mol. The summed E-state index contributed by atoms with van der Waals surface area (Å²) in [4.78, 5) is 0. The summed E-state index contributed by atoms with van der Waals surface area (Å²) in [5.74, 6) is 1.73. The fourth-order valence-corrected chi connectivity index (χ4v) is 3.40. The lowest BCUT2D eigenvalue weighted by Gasteiger charge is -2.23. The van der Waals surface area contributed by atoms with E-state index in [0.29, 0.717) is 0 Å². The quantitative estimate of drug-likeness (QED) is 0.655. The van der Waals surface area contributed by atoms with Gasteiger partial charge in [-0.15, -0.1) is 0 Å². The Bertz CT molecular complexity index is 402. The molecule has 2 heteroatoms. The molecule has 1 fully saturated rings. The highest BCUT2D eigenvalue weighted by Crippen LogP contribution is 2.31. The topological polar surface area (TPSA) is 9.23 Å². The van der Waals surface area contributed by atoms with Crippen molar-refractivity contribution in [3.8, 4) is 5.75 Å². The molecule has 19 heavy (non-hydrogen) atoms. The maximum atomic E-state index is 5.48. The first-order valence-electron chi connectivity index (χ1n) is 7.32. The molecular formula is C17H23BrO. The Morgan fingerprint density at radius 2 is 1.89 bits per heavy atom. The minimum atomic E-state index is 0.726. The van der Waals surface area contributed by atoms with Crippen LogP contribution in [0.1, 0.15) is 44.6 Å². The Labute approximate surface area is 125 Å². The standard InChI is InChI=1S/C17H23BrO/c1-2-19-17-10-8-14(9-11-17)12-16(13-18)15-6-4-3-5-7-15/h8-12,15H,2-7,13H2,1H3. The maximum absolute atomic E-state index is 5.48. The third kappa shape index (κ3) is 4.38. The second-order valence-electron chi connectivity index (χ2n) is 5.19. The lowest BCUT2D eigenvalue weighted by atomic mass is 9.84. The molecule has 1 aromatic carbocycles. The lowest BCUT2D eigenvalue weighted by Crippen LogP contribution is -2.10. The molecule has 0 aromatic heterocycles. The van der Waals surface area contributed by atoms with Crippen molar-refractivity contribution in [3.05, 3.63) is 35.4 Å². The van der Waals surface area contributed by atoms with Crippen LogP contribution in [-0.4, -0.2) is 11.9 Å². The number of benzene rings is 1. The third-order valence-corrected chi connectivity index (χ3v) is 4.47. The number of rotatable bonds is 5. The van der Waals surface area contributed by atoms with Crippen LogP contribution in [0.25, 0.3) is 6.08 Å². The summed E-state index contributed by atoms with van der Waals surface area (Å²) in [6.07, 6.45) is 9.25. The molecule has 0 saturated heterocycles. The second-order valence-corrected chi connectivity index (χ2v) is 5.75. The van der Waals surface area contributed by atoms with Crippen molar-refractivity contribution < 1.29 is 4.74 Å². The summed E-state index contributed by atoms with van der Waals surface area (Å²) >= 11 is 3.66. The third-order valence-electron chi connectivity index (χ3n) is 3.83. The summed E-state index contributed by atoms with van der Waals surface area (Å²) in [5.41, 5.74) is 2.83. The van der Waals surface area contributed by atoms with E-state index >= 15 is 0 Å². The van der Waals surface area contributed by atoms with E-state index in [2.05, 4.69) is 46.3 Å². The number of halogens is 1. The van der Waals surface area contributed by atoms with Crippen molar-refractivity contribution in [1.82, 2.24) is 0 Å². The van der Waals surface area contributed by atoms with E-state index in [9.17, 15) is 0 Å². The molecule has 0 N–H and O–H groups in total. The average Bonchev–Trinajstić information content (AvgIpc) is 2.48. The number of hydrogen-bond acceptors (Lipinski definition) is 1. The molecule has 0 bridgehead atoms. The van der Waals surface area contributed by atoms with Crippen LogP contribution in [0, 0.1) is 5.92 Å². The van der Waals surface area contributed by atoms with E-state index in [0.717, 1.165) is 23.6 Å². The Morgan fingerprint density at radius 3 is 2.47 bits per heavy atom. The molecule has 2 rings (SSSR count). The van der Waals surface area contributed by atoms with Crippen molar-refractivity contribution in [3.63, 3.8) is 0 Å². The van der Waals surface area contributed by atoms with E-state index < -0.39 is 0 Å². The van der Waals surface area contributed by atoms with Gasteiger partial charge in [-0.05, 0) is 43.4 Å². The molecule has 0 unspecified atom stereocenters. The van der Waals surface area contributed by atoms with Crippen molar-refractivity contribution in [2.75, 3.05) is 11.9 Å². The van der Waals surface area contributed by atoms with Gasteiger partial charge >= 0.3 is 0 Å². The van der Waals surface area contributed by atoms with Crippen molar-refractivity contribution >= 4 is 22.0 Å². The Hall–Kier alpha value is -0.760. The molecule has 1 aromatic rings. The second kappa shape index (κ2) is 7.74. The van der Waals surface area contributed by atoms with Gasteiger partial charge in [-0.25, -0.2) is 0 Å². The molecule has 0 spiro atoms. The largest absolute Gasteiger partial charge is 0.494 e. The highest BCUT2D eigenvalue weighted by Gasteiger charge is 2.16. The maximum Gasteiger partial charge on any atom is 0.119 e. The van der Waals surface area contributed by atoms with Gasteiger partial charge in [-0.3, -0.25) is 0 Å². The molecule has 1 aliphatic rings. The number of hydrogen-bond donors (Lipinski definition) is 0. The van der Waals surface area contributed by atoms with Crippen molar-refractivity contribution in [1.29, 1.82) is 0 Å². The minimum absolute atomic E-state index is 0.726. The van der Waals surface area contributed by atoms with Crippen LogP contribution in [-0.2, 0) is 0 Å². The molecule has 0 atom stereocenters. The van der Waals surface area contributed by atoms with E-state index in [1.165, 1.54) is 37.7 Å². The van der Waals surface area contributed by atoms with Gasteiger partial charge in [0, 0.05) is 5.33 Å². The monoisotopic (exact) mass is 322 g/mol. The normalized spacial score (nSPS) is 17.5. The molecule has 0 aliphatic heterocycles. The van der Waals surface area contributed by atoms with Gasteiger partial charge in [0.05, 0.1) is 6.61 Å². The molecule has 1 nitrogen and oxygen atoms in total. The van der Waals surface area contributed by atoms with E-state index in [1.54, 1.807) is 5.57 Å². The zero-order valence-electron chi connectivity index (χ0n) is 11.7. The van der Waals surface area contributed by atoms with Crippen LogP contribution in [0.5, 0.6) is 5.75 Å². The van der Waals surface area contributed by atoms with Crippen LogP contribution in [0.15, 0.2) is 29.8 Å². The zero-order valence-corrected chi connectivity index (χ0v) is 13.3. The molecule has 1 saturated carbocycles. The molecule has 0 radical (unpaired) electrons.